The molecule has 0 spiro atoms. The van der Waals surface area contributed by atoms with Crippen LogP contribution in [-0.4, -0.2) is 18.9 Å². The molecule has 37 heavy (non-hydrogen) atoms. The number of carbonyl (C=O) groups is 2. The lowest BCUT2D eigenvalue weighted by molar-refractivity contribution is -0.136. The predicted molar refractivity (Wildman–Crippen MR) is 143 cm³/mol. The summed E-state index contributed by atoms with van der Waals surface area (Å²) in [5.41, 5.74) is 5.64. The summed E-state index contributed by atoms with van der Waals surface area (Å²) < 4.78 is 11.1. The second kappa shape index (κ2) is 10.7. The first-order chi connectivity index (χ1) is 17.9. The Kier molecular flexibility index (Phi) is 7.15. The Labute approximate surface area is 221 Å². The summed E-state index contributed by atoms with van der Waals surface area (Å²) in [6.45, 7) is 2.32. The van der Waals surface area contributed by atoms with Crippen molar-refractivity contribution in [2.45, 2.75) is 38.2 Å². The molecule has 0 saturated heterocycles. The summed E-state index contributed by atoms with van der Waals surface area (Å²) in [6.07, 6.45) is 1.04. The van der Waals surface area contributed by atoms with E-state index in [1.807, 2.05) is 85.8 Å². The van der Waals surface area contributed by atoms with Crippen molar-refractivity contribution in [1.82, 2.24) is 5.32 Å². The van der Waals surface area contributed by atoms with E-state index in [-0.39, 0.29) is 11.7 Å². The van der Waals surface area contributed by atoms with Crippen LogP contribution in [0.2, 0.25) is 5.02 Å². The molecule has 0 unspecified atom stereocenters. The fraction of sp³-hybridized carbons (Fsp3) is 0.226. The van der Waals surface area contributed by atoms with E-state index < -0.39 is 11.9 Å². The van der Waals surface area contributed by atoms with Gasteiger partial charge in [-0.15, -0.1) is 0 Å². The maximum absolute atomic E-state index is 13.6. The van der Waals surface area contributed by atoms with E-state index in [1.165, 1.54) is 7.11 Å². The number of hydrogen-bond acceptors (Lipinski definition) is 5. The third-order valence-corrected chi connectivity index (χ3v) is 7.29. The van der Waals surface area contributed by atoms with Gasteiger partial charge >= 0.3 is 5.97 Å². The van der Waals surface area contributed by atoms with Crippen molar-refractivity contribution in [3.63, 3.8) is 0 Å². The van der Waals surface area contributed by atoms with Gasteiger partial charge in [0, 0.05) is 34.3 Å². The topological polar surface area (TPSA) is 64.6 Å². The predicted octanol–water partition coefficient (Wildman–Crippen LogP) is 6.45. The van der Waals surface area contributed by atoms with Gasteiger partial charge in [-0.25, -0.2) is 4.79 Å². The summed E-state index contributed by atoms with van der Waals surface area (Å²) in [5, 5.41) is 4.03. The molecule has 0 amide bonds. The average molecular weight is 514 g/mol. The molecule has 3 aromatic rings. The highest BCUT2D eigenvalue weighted by Gasteiger charge is 2.41. The zero-order valence-corrected chi connectivity index (χ0v) is 21.5. The van der Waals surface area contributed by atoms with Gasteiger partial charge in [-0.3, -0.25) is 4.79 Å². The molecule has 0 radical (unpaired) electrons. The van der Waals surface area contributed by atoms with Crippen molar-refractivity contribution in [1.29, 1.82) is 0 Å². The highest BCUT2D eigenvalue weighted by Crippen LogP contribution is 2.46. The largest absolute Gasteiger partial charge is 0.489 e. The summed E-state index contributed by atoms with van der Waals surface area (Å²) in [7, 11) is 1.36. The number of allylic oxidation sites excluding steroid dienone is 3. The van der Waals surface area contributed by atoms with Crippen LogP contribution in [0.15, 0.2) is 101 Å². The number of benzene rings is 3. The van der Waals surface area contributed by atoms with Gasteiger partial charge in [-0.2, -0.15) is 0 Å². The second-order valence-electron chi connectivity index (χ2n) is 9.40. The Morgan fingerprint density at radius 3 is 2.30 bits per heavy atom. The minimum Gasteiger partial charge on any atom is -0.489 e. The summed E-state index contributed by atoms with van der Waals surface area (Å²) >= 11 is 6.07. The van der Waals surface area contributed by atoms with Gasteiger partial charge in [0.25, 0.3) is 0 Å². The molecule has 3 aromatic carbocycles. The van der Waals surface area contributed by atoms with Crippen LogP contribution in [0.3, 0.4) is 0 Å². The van der Waals surface area contributed by atoms with E-state index in [2.05, 4.69) is 5.32 Å². The normalized spacial score (nSPS) is 19.3. The Morgan fingerprint density at radius 1 is 0.946 bits per heavy atom. The molecule has 0 bridgehead atoms. The number of methoxy groups -OCH3 is 1. The van der Waals surface area contributed by atoms with Crippen LogP contribution in [0.25, 0.3) is 0 Å². The minimum absolute atomic E-state index is 0.0250. The number of halogens is 1. The first kappa shape index (κ1) is 24.8. The van der Waals surface area contributed by atoms with Crippen molar-refractivity contribution in [3.05, 3.63) is 123 Å². The molecule has 0 saturated carbocycles. The minimum atomic E-state index is -0.509. The molecule has 6 heteroatoms. The number of nitrogens with one attached hydrogen (secondary N) is 1. The van der Waals surface area contributed by atoms with E-state index >= 15 is 0 Å². The van der Waals surface area contributed by atoms with Crippen molar-refractivity contribution < 1.29 is 19.1 Å². The molecule has 188 valence electrons. The molecule has 5 nitrogen and oxygen atoms in total. The smallest absolute Gasteiger partial charge is 0.336 e. The summed E-state index contributed by atoms with van der Waals surface area (Å²) in [6, 6.07) is 25.2. The van der Waals surface area contributed by atoms with Crippen LogP contribution in [0.4, 0.5) is 0 Å². The van der Waals surface area contributed by atoms with Gasteiger partial charge in [-0.1, -0.05) is 66.2 Å². The van der Waals surface area contributed by atoms with E-state index in [1.54, 1.807) is 0 Å². The fourth-order valence-electron chi connectivity index (χ4n) is 5.22. The summed E-state index contributed by atoms with van der Waals surface area (Å²) in [5.74, 6) is -0.173. The zero-order chi connectivity index (χ0) is 25.9. The van der Waals surface area contributed by atoms with Gasteiger partial charge in [-0.05, 0) is 60.2 Å². The Morgan fingerprint density at radius 2 is 1.62 bits per heavy atom. The number of hydrogen-bond donors (Lipinski definition) is 1. The molecule has 2 aliphatic rings. The van der Waals surface area contributed by atoms with Crippen LogP contribution in [0, 0.1) is 0 Å². The average Bonchev–Trinajstić information content (AvgIpc) is 2.92. The van der Waals surface area contributed by atoms with Crippen molar-refractivity contribution in [2.75, 3.05) is 7.11 Å². The molecule has 1 heterocycles. The number of carbonyl (C=O) groups excluding carboxylic acids is 2. The molecule has 1 aliphatic carbocycles. The lowest BCUT2D eigenvalue weighted by Crippen LogP contribution is -2.36. The second-order valence-corrected chi connectivity index (χ2v) is 9.84. The fourth-order valence-corrected chi connectivity index (χ4v) is 5.35. The molecule has 1 N–H and O–H groups in total. The molecule has 1 aliphatic heterocycles. The highest BCUT2D eigenvalue weighted by molar-refractivity contribution is 6.30. The van der Waals surface area contributed by atoms with Gasteiger partial charge in [0.05, 0.1) is 12.7 Å². The SMILES string of the molecule is COC(=O)C1=C(C)NC2=C(C(=O)C[C@@H](c3ccc(Cl)cc3)C2)[C@H]1c1ccc(OCc2ccccc2)cc1. The highest BCUT2D eigenvalue weighted by atomic mass is 35.5. The van der Waals surface area contributed by atoms with Crippen LogP contribution in [-0.2, 0) is 20.9 Å². The van der Waals surface area contributed by atoms with E-state index in [9.17, 15) is 9.59 Å². The number of ketones is 1. The van der Waals surface area contributed by atoms with Gasteiger partial charge in [0.1, 0.15) is 12.4 Å². The van der Waals surface area contributed by atoms with Crippen LogP contribution in [0.5, 0.6) is 5.75 Å². The maximum atomic E-state index is 13.6. The summed E-state index contributed by atoms with van der Waals surface area (Å²) in [4.78, 5) is 26.5. The first-order valence-electron chi connectivity index (χ1n) is 12.3. The monoisotopic (exact) mass is 513 g/mol. The number of ether oxygens (including phenoxy) is 2. The Balaban J connectivity index is 1.46. The number of rotatable bonds is 6. The van der Waals surface area contributed by atoms with Crippen LogP contribution >= 0.6 is 11.6 Å². The standard InChI is InChI=1S/C31H28ClNO4/c1-19-28(31(35)36-2)29(22-10-14-25(15-11-22)37-18-20-6-4-3-5-7-20)30-26(33-19)16-23(17-27(30)34)21-8-12-24(32)13-9-21/h3-15,23,29,33H,16-18H2,1-2H3/t23-,29-/m0/s1. The zero-order valence-electron chi connectivity index (χ0n) is 20.8. The Bertz CT molecular complexity index is 1370. The molecule has 5 rings (SSSR count). The third-order valence-electron chi connectivity index (χ3n) is 7.04. The van der Waals surface area contributed by atoms with E-state index in [0.29, 0.717) is 47.1 Å². The molecular weight excluding hydrogens is 486 g/mol. The van der Waals surface area contributed by atoms with Crippen LogP contribution < -0.4 is 10.1 Å². The molecule has 0 fully saturated rings. The molecule has 0 aromatic heterocycles. The van der Waals surface area contributed by atoms with E-state index in [4.69, 9.17) is 21.1 Å². The number of Topliss-reactive ketones (excluding diaryl/α,β-unsaturated/α-hetero) is 1. The van der Waals surface area contributed by atoms with Crippen molar-refractivity contribution >= 4 is 23.4 Å². The van der Waals surface area contributed by atoms with Crippen molar-refractivity contribution in [3.8, 4) is 5.75 Å². The quantitative estimate of drug-likeness (QED) is 0.383. The number of dihydropyridines is 1. The van der Waals surface area contributed by atoms with Gasteiger partial charge < -0.3 is 14.8 Å². The lowest BCUT2D eigenvalue weighted by atomic mass is 9.72. The van der Waals surface area contributed by atoms with Crippen molar-refractivity contribution in [2.24, 2.45) is 0 Å². The van der Waals surface area contributed by atoms with Gasteiger partial charge in [0.2, 0.25) is 0 Å². The molecule has 2 atom stereocenters. The van der Waals surface area contributed by atoms with E-state index in [0.717, 1.165) is 22.4 Å². The molecular formula is C31H28ClNO4. The van der Waals surface area contributed by atoms with Gasteiger partial charge in [0.15, 0.2) is 5.78 Å². The Hall–Kier alpha value is -3.83. The number of esters is 1. The third kappa shape index (κ3) is 5.18. The maximum Gasteiger partial charge on any atom is 0.336 e. The lowest BCUT2D eigenvalue weighted by Gasteiger charge is -2.36. The first-order valence-corrected chi connectivity index (χ1v) is 12.7. The van der Waals surface area contributed by atoms with Crippen LogP contribution in [0.1, 0.15) is 48.3 Å².